The van der Waals surface area contributed by atoms with Crippen molar-refractivity contribution in [2.75, 3.05) is 17.2 Å². The maximum absolute atomic E-state index is 8.93. The van der Waals surface area contributed by atoms with E-state index in [0.29, 0.717) is 44.5 Å². The number of nitriles is 1. The van der Waals surface area contributed by atoms with Gasteiger partial charge >= 0.3 is 0 Å². The summed E-state index contributed by atoms with van der Waals surface area (Å²) >= 11 is 18.3. The maximum atomic E-state index is 8.93. The van der Waals surface area contributed by atoms with E-state index < -0.39 is 0 Å². The van der Waals surface area contributed by atoms with Crippen LogP contribution in [-0.2, 0) is 0 Å². The minimum absolute atomic E-state index is 0.361. The molecule has 2 N–H and O–H groups in total. The van der Waals surface area contributed by atoms with E-state index in [1.807, 2.05) is 6.92 Å². The van der Waals surface area contributed by atoms with Gasteiger partial charge in [-0.05, 0) is 31.2 Å². The Balaban J connectivity index is 2.39. The highest BCUT2D eigenvalue weighted by molar-refractivity contribution is 6.37. The molecule has 0 saturated carbocycles. The van der Waals surface area contributed by atoms with Crippen LogP contribution in [0.1, 0.15) is 12.5 Å². The minimum atomic E-state index is 0.361. The van der Waals surface area contributed by atoms with E-state index in [0.717, 1.165) is 0 Å². The highest BCUT2D eigenvalue weighted by atomic mass is 35.5. The monoisotopic (exact) mass is 340 g/mol. The lowest BCUT2D eigenvalue weighted by Crippen LogP contribution is -2.03. The minimum Gasteiger partial charge on any atom is -0.369 e. The van der Waals surface area contributed by atoms with Gasteiger partial charge < -0.3 is 10.6 Å². The van der Waals surface area contributed by atoms with Crippen molar-refractivity contribution in [3.05, 3.63) is 44.9 Å². The Morgan fingerprint density at radius 1 is 1.10 bits per heavy atom. The van der Waals surface area contributed by atoms with Gasteiger partial charge in [0.1, 0.15) is 5.82 Å². The van der Waals surface area contributed by atoms with Gasteiger partial charge in [0, 0.05) is 6.54 Å². The average Bonchev–Trinajstić information content (AvgIpc) is 2.46. The first-order chi connectivity index (χ1) is 10.0. The molecule has 0 radical (unpaired) electrons. The summed E-state index contributed by atoms with van der Waals surface area (Å²) in [7, 11) is 0. The van der Waals surface area contributed by atoms with E-state index >= 15 is 0 Å². The summed E-state index contributed by atoms with van der Waals surface area (Å²) in [5.41, 5.74) is 1.04. The molecule has 7 heteroatoms. The molecule has 108 valence electrons. The molecule has 0 aliphatic carbocycles. The van der Waals surface area contributed by atoms with Crippen LogP contribution in [0.2, 0.25) is 15.1 Å². The maximum Gasteiger partial charge on any atom is 0.151 e. The third kappa shape index (κ3) is 3.70. The number of nitrogens with zero attached hydrogens (tertiary/aromatic N) is 2. The van der Waals surface area contributed by atoms with Gasteiger partial charge in [0.2, 0.25) is 0 Å². The number of nitrogens with one attached hydrogen (secondary N) is 2. The quantitative estimate of drug-likeness (QED) is 0.813. The fraction of sp³-hybridized carbons (Fsp3) is 0.143. The zero-order chi connectivity index (χ0) is 15.4. The summed E-state index contributed by atoms with van der Waals surface area (Å²) < 4.78 is 0. The Morgan fingerprint density at radius 2 is 1.81 bits per heavy atom. The van der Waals surface area contributed by atoms with Gasteiger partial charge in [-0.15, -0.1) is 0 Å². The van der Waals surface area contributed by atoms with E-state index in [9.17, 15) is 0 Å². The van der Waals surface area contributed by atoms with Crippen LogP contribution in [0.5, 0.6) is 0 Å². The van der Waals surface area contributed by atoms with Gasteiger partial charge in [-0.3, -0.25) is 0 Å². The molecule has 1 heterocycles. The third-order valence-electron chi connectivity index (χ3n) is 2.62. The van der Waals surface area contributed by atoms with Crippen molar-refractivity contribution in [2.24, 2.45) is 0 Å². The van der Waals surface area contributed by atoms with Crippen LogP contribution in [0.25, 0.3) is 0 Å². The molecule has 0 aliphatic heterocycles. The van der Waals surface area contributed by atoms with Crippen LogP contribution in [0.4, 0.5) is 17.3 Å². The third-order valence-corrected chi connectivity index (χ3v) is 3.53. The standard InChI is InChI=1S/C14H11Cl3N4/c1-2-19-13-10(16)6-11(17)14(21-13)20-12-5-8(7-18)3-4-9(12)15/h3-6H,2H2,1H3,(H2,19,20,21). The fourth-order valence-corrected chi connectivity index (χ4v) is 2.30. The van der Waals surface area contributed by atoms with E-state index in [2.05, 4.69) is 21.7 Å². The van der Waals surface area contributed by atoms with E-state index in [1.54, 1.807) is 24.3 Å². The number of hydrogen-bond donors (Lipinski definition) is 2. The van der Waals surface area contributed by atoms with Crippen molar-refractivity contribution in [3.8, 4) is 6.07 Å². The topological polar surface area (TPSA) is 60.7 Å². The summed E-state index contributed by atoms with van der Waals surface area (Å²) in [5, 5.41) is 16.3. The van der Waals surface area contributed by atoms with Crippen molar-refractivity contribution in [1.82, 2.24) is 4.98 Å². The molecule has 21 heavy (non-hydrogen) atoms. The number of hydrogen-bond acceptors (Lipinski definition) is 4. The van der Waals surface area contributed by atoms with Crippen LogP contribution in [0, 0.1) is 11.3 Å². The van der Waals surface area contributed by atoms with Gasteiger partial charge in [0.05, 0.1) is 32.4 Å². The first kappa shape index (κ1) is 15.7. The molecule has 4 nitrogen and oxygen atoms in total. The molecule has 0 bridgehead atoms. The number of benzene rings is 1. The summed E-state index contributed by atoms with van der Waals surface area (Å²) in [5.74, 6) is 0.938. The first-order valence-electron chi connectivity index (χ1n) is 6.11. The summed E-state index contributed by atoms with van der Waals surface area (Å²) in [6, 6.07) is 8.54. The van der Waals surface area contributed by atoms with Crippen molar-refractivity contribution < 1.29 is 0 Å². The summed E-state index contributed by atoms with van der Waals surface area (Å²) in [6.45, 7) is 2.62. The molecule has 0 atom stereocenters. The lowest BCUT2D eigenvalue weighted by molar-refractivity contribution is 1.16. The SMILES string of the molecule is CCNc1nc(Nc2cc(C#N)ccc2Cl)c(Cl)cc1Cl. The first-order valence-corrected chi connectivity index (χ1v) is 7.25. The average molecular weight is 342 g/mol. The van der Waals surface area contributed by atoms with Gasteiger partial charge in [0.25, 0.3) is 0 Å². The van der Waals surface area contributed by atoms with Gasteiger partial charge in [0.15, 0.2) is 5.82 Å². The lowest BCUT2D eigenvalue weighted by atomic mass is 10.2. The molecule has 0 amide bonds. The zero-order valence-electron chi connectivity index (χ0n) is 11.0. The Morgan fingerprint density at radius 3 is 2.48 bits per heavy atom. The number of pyridine rings is 1. The van der Waals surface area contributed by atoms with E-state index in [-0.39, 0.29) is 0 Å². The highest BCUT2D eigenvalue weighted by Crippen LogP contribution is 2.33. The second-order valence-corrected chi connectivity index (χ2v) is 5.33. The Bertz CT molecular complexity index is 710. The number of halogens is 3. The van der Waals surface area contributed by atoms with Crippen LogP contribution in [0.3, 0.4) is 0 Å². The van der Waals surface area contributed by atoms with Crippen molar-refractivity contribution >= 4 is 52.1 Å². The summed E-state index contributed by atoms with van der Waals surface area (Å²) in [6.07, 6.45) is 0. The predicted molar refractivity (Wildman–Crippen MR) is 87.9 cm³/mol. The van der Waals surface area contributed by atoms with Crippen LogP contribution in [0.15, 0.2) is 24.3 Å². The van der Waals surface area contributed by atoms with Crippen LogP contribution < -0.4 is 10.6 Å². The van der Waals surface area contributed by atoms with Gasteiger partial charge in [-0.25, -0.2) is 4.98 Å². The second-order valence-electron chi connectivity index (χ2n) is 4.11. The molecule has 0 spiro atoms. The van der Waals surface area contributed by atoms with E-state index in [4.69, 9.17) is 40.1 Å². The molecule has 2 aromatic rings. The van der Waals surface area contributed by atoms with E-state index in [1.165, 1.54) is 0 Å². The van der Waals surface area contributed by atoms with Crippen LogP contribution >= 0.6 is 34.8 Å². The highest BCUT2D eigenvalue weighted by Gasteiger charge is 2.11. The predicted octanol–water partition coefficient (Wildman–Crippen LogP) is 5.09. The van der Waals surface area contributed by atoms with Crippen molar-refractivity contribution in [1.29, 1.82) is 5.26 Å². The smallest absolute Gasteiger partial charge is 0.151 e. The van der Waals surface area contributed by atoms with Crippen molar-refractivity contribution in [2.45, 2.75) is 6.92 Å². The molecule has 0 fully saturated rings. The zero-order valence-corrected chi connectivity index (χ0v) is 13.3. The Kier molecular flexibility index (Phi) is 5.13. The van der Waals surface area contributed by atoms with Crippen molar-refractivity contribution in [3.63, 3.8) is 0 Å². The molecule has 0 saturated heterocycles. The molecule has 0 unspecified atom stereocenters. The molecule has 0 aliphatic rings. The van der Waals surface area contributed by atoms with Gasteiger partial charge in [-0.1, -0.05) is 34.8 Å². The summed E-state index contributed by atoms with van der Waals surface area (Å²) in [4.78, 5) is 4.33. The van der Waals surface area contributed by atoms with Gasteiger partial charge in [-0.2, -0.15) is 5.26 Å². The molecule has 1 aromatic carbocycles. The number of anilines is 3. The molecular formula is C14H11Cl3N4. The normalized spacial score (nSPS) is 10.0. The Labute approximate surface area is 137 Å². The second kappa shape index (κ2) is 6.86. The molecule has 1 aromatic heterocycles. The largest absolute Gasteiger partial charge is 0.369 e. The molecule has 2 rings (SSSR count). The number of aromatic nitrogens is 1. The fourth-order valence-electron chi connectivity index (χ4n) is 1.66. The Hall–Kier alpha value is -1.67. The van der Waals surface area contributed by atoms with Crippen LogP contribution in [-0.4, -0.2) is 11.5 Å². The number of rotatable bonds is 4. The molecular weight excluding hydrogens is 331 g/mol. The lowest BCUT2D eigenvalue weighted by Gasteiger charge is -2.12.